The summed E-state index contributed by atoms with van der Waals surface area (Å²) in [7, 11) is 0. The number of piperidine rings is 1. The molecule has 1 heterocycles. The maximum absolute atomic E-state index is 12.4. The molecule has 1 aromatic rings. The molecule has 1 aromatic carbocycles. The molecule has 1 aliphatic rings. The molecule has 4 heteroatoms. The van der Waals surface area contributed by atoms with Crippen LogP contribution in [0.5, 0.6) is 0 Å². The van der Waals surface area contributed by atoms with E-state index in [-0.39, 0.29) is 11.5 Å². The van der Waals surface area contributed by atoms with E-state index in [4.69, 9.17) is 4.74 Å². The maximum atomic E-state index is 12.4. The maximum Gasteiger partial charge on any atom is 0.308 e. The molecule has 1 fully saturated rings. The lowest BCUT2D eigenvalue weighted by atomic mass is 10.1. The van der Waals surface area contributed by atoms with Crippen molar-refractivity contribution in [2.24, 2.45) is 0 Å². The van der Waals surface area contributed by atoms with Gasteiger partial charge in [-0.25, -0.2) is 0 Å². The van der Waals surface area contributed by atoms with E-state index in [1.54, 1.807) is 30.5 Å². The standard InChI is InChI=1S/C16H19NO3/c1-13(18)20-15(12-17-10-6-3-7-11-17)16(19)14-8-4-2-5-9-14/h2,4-5,8-9,12H,3,6-7,10-11H2,1H3/b15-12-. The normalized spacial score (nSPS) is 15.8. The van der Waals surface area contributed by atoms with Gasteiger partial charge in [-0.2, -0.15) is 0 Å². The third-order valence-electron chi connectivity index (χ3n) is 3.20. The highest BCUT2D eigenvalue weighted by atomic mass is 16.5. The minimum atomic E-state index is -0.474. The SMILES string of the molecule is CC(=O)O/C(=C\N1CCCCC1)C(=O)c1ccccc1. The molecule has 0 bridgehead atoms. The number of carbonyl (C=O) groups excluding carboxylic acids is 2. The molecular weight excluding hydrogens is 254 g/mol. The van der Waals surface area contributed by atoms with Crippen LogP contribution in [0.25, 0.3) is 0 Å². The van der Waals surface area contributed by atoms with Gasteiger partial charge in [-0.3, -0.25) is 9.59 Å². The van der Waals surface area contributed by atoms with Crippen LogP contribution in [0.3, 0.4) is 0 Å². The summed E-state index contributed by atoms with van der Waals surface area (Å²) in [6.07, 6.45) is 5.09. The van der Waals surface area contributed by atoms with Gasteiger partial charge in [-0.05, 0) is 19.3 Å². The van der Waals surface area contributed by atoms with Crippen LogP contribution in [-0.4, -0.2) is 29.7 Å². The van der Waals surface area contributed by atoms with Crippen molar-refractivity contribution in [2.45, 2.75) is 26.2 Å². The number of ketones is 1. The van der Waals surface area contributed by atoms with Crippen LogP contribution in [0, 0.1) is 0 Å². The lowest BCUT2D eigenvalue weighted by Gasteiger charge is -2.25. The van der Waals surface area contributed by atoms with E-state index in [9.17, 15) is 9.59 Å². The van der Waals surface area contributed by atoms with Crippen molar-refractivity contribution < 1.29 is 14.3 Å². The summed E-state index contributed by atoms with van der Waals surface area (Å²) in [4.78, 5) is 25.6. The summed E-state index contributed by atoms with van der Waals surface area (Å²) in [5.41, 5.74) is 0.525. The lowest BCUT2D eigenvalue weighted by Crippen LogP contribution is -2.26. The van der Waals surface area contributed by atoms with Crippen molar-refractivity contribution in [1.82, 2.24) is 4.90 Å². The molecule has 1 aliphatic heterocycles. The zero-order valence-electron chi connectivity index (χ0n) is 11.7. The second-order valence-electron chi connectivity index (χ2n) is 4.88. The van der Waals surface area contributed by atoms with Gasteiger partial charge in [0, 0.05) is 31.8 Å². The first-order valence-corrected chi connectivity index (χ1v) is 6.91. The Kier molecular flexibility index (Phi) is 4.93. The Balaban J connectivity index is 2.20. The van der Waals surface area contributed by atoms with Gasteiger partial charge in [-0.1, -0.05) is 30.3 Å². The number of likely N-dealkylation sites (tertiary alicyclic amines) is 1. The summed E-state index contributed by atoms with van der Waals surface area (Å²) in [6.45, 7) is 3.10. The van der Waals surface area contributed by atoms with E-state index in [0.29, 0.717) is 5.56 Å². The van der Waals surface area contributed by atoms with Crippen LogP contribution in [0.15, 0.2) is 42.3 Å². The van der Waals surface area contributed by atoms with Crippen molar-refractivity contribution in [3.8, 4) is 0 Å². The first-order chi connectivity index (χ1) is 9.66. The first kappa shape index (κ1) is 14.3. The highest BCUT2D eigenvalue weighted by molar-refractivity contribution is 6.08. The van der Waals surface area contributed by atoms with Crippen molar-refractivity contribution >= 4 is 11.8 Å². The molecule has 0 atom stereocenters. The van der Waals surface area contributed by atoms with E-state index >= 15 is 0 Å². The van der Waals surface area contributed by atoms with Gasteiger partial charge in [0.1, 0.15) is 0 Å². The topological polar surface area (TPSA) is 46.6 Å². The Hall–Kier alpha value is -2.10. The molecule has 0 aliphatic carbocycles. The Bertz CT molecular complexity index is 502. The number of benzene rings is 1. The number of hydrogen-bond acceptors (Lipinski definition) is 4. The average molecular weight is 273 g/mol. The summed E-state index contributed by atoms with van der Waals surface area (Å²) in [5.74, 6) is -0.630. The molecule has 0 spiro atoms. The molecule has 0 amide bonds. The molecule has 0 N–H and O–H groups in total. The molecule has 20 heavy (non-hydrogen) atoms. The molecule has 0 aromatic heterocycles. The van der Waals surface area contributed by atoms with E-state index in [0.717, 1.165) is 25.9 Å². The highest BCUT2D eigenvalue weighted by Gasteiger charge is 2.18. The van der Waals surface area contributed by atoms with Gasteiger partial charge >= 0.3 is 5.97 Å². The van der Waals surface area contributed by atoms with E-state index in [1.807, 2.05) is 11.0 Å². The molecule has 0 saturated carbocycles. The molecule has 4 nitrogen and oxygen atoms in total. The second-order valence-corrected chi connectivity index (χ2v) is 4.88. The van der Waals surface area contributed by atoms with Crippen molar-refractivity contribution in [1.29, 1.82) is 0 Å². The first-order valence-electron chi connectivity index (χ1n) is 6.91. The Morgan fingerprint density at radius 2 is 1.75 bits per heavy atom. The lowest BCUT2D eigenvalue weighted by molar-refractivity contribution is -0.136. The van der Waals surface area contributed by atoms with Gasteiger partial charge in [0.25, 0.3) is 0 Å². The zero-order chi connectivity index (χ0) is 14.4. The van der Waals surface area contributed by atoms with Crippen molar-refractivity contribution in [2.75, 3.05) is 13.1 Å². The second kappa shape index (κ2) is 6.89. The summed E-state index contributed by atoms with van der Waals surface area (Å²) >= 11 is 0. The van der Waals surface area contributed by atoms with Gasteiger partial charge in [0.05, 0.1) is 0 Å². The fraction of sp³-hybridized carbons (Fsp3) is 0.375. The number of esters is 1. The van der Waals surface area contributed by atoms with Gasteiger partial charge in [-0.15, -0.1) is 0 Å². The molecule has 106 valence electrons. The fourth-order valence-corrected chi connectivity index (χ4v) is 2.23. The van der Waals surface area contributed by atoms with Crippen molar-refractivity contribution in [3.63, 3.8) is 0 Å². The quantitative estimate of drug-likeness (QED) is 0.366. The Morgan fingerprint density at radius 1 is 1.10 bits per heavy atom. The summed E-state index contributed by atoms with van der Waals surface area (Å²) < 4.78 is 5.10. The number of hydrogen-bond donors (Lipinski definition) is 0. The molecule has 0 radical (unpaired) electrons. The summed E-state index contributed by atoms with van der Waals surface area (Å²) in [6, 6.07) is 8.86. The van der Waals surface area contributed by atoms with Crippen LogP contribution < -0.4 is 0 Å². The monoisotopic (exact) mass is 273 g/mol. The molecular formula is C16H19NO3. The molecule has 1 saturated heterocycles. The third-order valence-corrected chi connectivity index (χ3v) is 3.20. The minimum absolute atomic E-state index is 0.102. The number of nitrogens with zero attached hydrogens (tertiary/aromatic N) is 1. The van der Waals surface area contributed by atoms with Gasteiger partial charge < -0.3 is 9.64 Å². The smallest absolute Gasteiger partial charge is 0.308 e. The van der Waals surface area contributed by atoms with Crippen LogP contribution in [0.4, 0.5) is 0 Å². The van der Waals surface area contributed by atoms with E-state index < -0.39 is 5.97 Å². The predicted octanol–water partition coefficient (Wildman–Crippen LogP) is 2.76. The number of Topliss-reactive ketones (excluding diaryl/α,β-unsaturated/α-hetero) is 1. The predicted molar refractivity (Wildman–Crippen MR) is 76.0 cm³/mol. The average Bonchev–Trinajstić information content (AvgIpc) is 2.47. The van der Waals surface area contributed by atoms with Crippen LogP contribution in [0.1, 0.15) is 36.5 Å². The van der Waals surface area contributed by atoms with E-state index in [1.165, 1.54) is 13.3 Å². The van der Waals surface area contributed by atoms with Crippen LogP contribution in [0.2, 0.25) is 0 Å². The third kappa shape index (κ3) is 3.95. The van der Waals surface area contributed by atoms with Crippen molar-refractivity contribution in [3.05, 3.63) is 47.9 Å². The number of carbonyl (C=O) groups is 2. The van der Waals surface area contributed by atoms with Gasteiger partial charge in [0.2, 0.25) is 5.78 Å². The zero-order valence-corrected chi connectivity index (χ0v) is 11.7. The largest absolute Gasteiger partial charge is 0.421 e. The molecule has 2 rings (SSSR count). The highest BCUT2D eigenvalue weighted by Crippen LogP contribution is 2.15. The Morgan fingerprint density at radius 3 is 2.35 bits per heavy atom. The van der Waals surface area contributed by atoms with E-state index in [2.05, 4.69) is 0 Å². The van der Waals surface area contributed by atoms with Crippen LogP contribution in [-0.2, 0) is 9.53 Å². The molecule has 0 unspecified atom stereocenters. The Labute approximate surface area is 119 Å². The van der Waals surface area contributed by atoms with Crippen LogP contribution >= 0.6 is 0 Å². The minimum Gasteiger partial charge on any atom is -0.421 e. The summed E-state index contributed by atoms with van der Waals surface area (Å²) in [5, 5.41) is 0. The number of rotatable bonds is 4. The number of allylic oxidation sites excluding steroid dienone is 1. The number of ether oxygens (including phenoxy) is 1. The fourth-order valence-electron chi connectivity index (χ4n) is 2.23. The van der Waals surface area contributed by atoms with Gasteiger partial charge in [0.15, 0.2) is 5.76 Å².